The molecule has 14 heavy (non-hydrogen) atoms. The average molecular weight is 261 g/mol. The molecule has 0 spiro atoms. The molecule has 1 aromatic rings. The monoisotopic (exact) mass is 260 g/mol. The molecule has 0 amide bonds. The highest BCUT2D eigenvalue weighted by Gasteiger charge is 2.10. The van der Waals surface area contributed by atoms with Crippen LogP contribution >= 0.6 is 22.2 Å². The smallest absolute Gasteiger partial charge is 0.144 e. The molecule has 0 aliphatic heterocycles. The Kier molecular flexibility index (Phi) is 4.95. The Morgan fingerprint density at radius 2 is 2.07 bits per heavy atom. The minimum atomic E-state index is -1.69. The molecule has 0 nitrogen and oxygen atoms in total. The molecule has 1 aromatic carbocycles. The largest absolute Gasteiger partial charge is 0.266 e. The summed E-state index contributed by atoms with van der Waals surface area (Å²) >= 11 is 12.0. The molecule has 0 saturated heterocycles. The van der Waals surface area contributed by atoms with Crippen LogP contribution in [-0.4, -0.2) is 16.9 Å². The van der Waals surface area contributed by atoms with Gasteiger partial charge in [0.2, 0.25) is 0 Å². The van der Waals surface area contributed by atoms with Crippen LogP contribution in [0.4, 0.5) is 0 Å². The summed E-state index contributed by atoms with van der Waals surface area (Å²) in [6.07, 6.45) is 0. The van der Waals surface area contributed by atoms with E-state index in [1.54, 1.807) is 0 Å². The molecule has 0 aliphatic carbocycles. The minimum Gasteiger partial charge on any atom is -0.144 e. The SMILES string of the molecule is C=C(C)[SiH2]Cc1ccccc1[SiH](Cl)Cl. The number of rotatable bonds is 4. The molecule has 0 saturated carbocycles. The number of benzene rings is 1. The third-order valence-corrected chi connectivity index (χ3v) is 6.20. The maximum absolute atomic E-state index is 6.02. The van der Waals surface area contributed by atoms with Crippen molar-refractivity contribution in [1.29, 1.82) is 0 Å². The van der Waals surface area contributed by atoms with Crippen molar-refractivity contribution in [3.63, 3.8) is 0 Å². The van der Waals surface area contributed by atoms with Crippen LogP contribution in [0.1, 0.15) is 12.5 Å². The van der Waals surface area contributed by atoms with Crippen molar-refractivity contribution < 1.29 is 0 Å². The van der Waals surface area contributed by atoms with E-state index in [2.05, 4.69) is 31.7 Å². The first-order valence-electron chi connectivity index (χ1n) is 4.61. The summed E-state index contributed by atoms with van der Waals surface area (Å²) in [5.41, 5.74) is 1.34. The summed E-state index contributed by atoms with van der Waals surface area (Å²) in [6.45, 7) is 6.05. The van der Waals surface area contributed by atoms with Gasteiger partial charge in [-0.25, -0.2) is 0 Å². The van der Waals surface area contributed by atoms with E-state index >= 15 is 0 Å². The van der Waals surface area contributed by atoms with Crippen molar-refractivity contribution in [2.24, 2.45) is 0 Å². The van der Waals surface area contributed by atoms with Crippen LogP contribution in [-0.2, 0) is 6.04 Å². The predicted molar refractivity (Wildman–Crippen MR) is 72.0 cm³/mol. The normalized spacial score (nSPS) is 11.4. The lowest BCUT2D eigenvalue weighted by Crippen LogP contribution is -2.24. The number of hydrogen-bond donors (Lipinski definition) is 0. The first kappa shape index (κ1) is 12.0. The van der Waals surface area contributed by atoms with E-state index < -0.39 is 7.42 Å². The summed E-state index contributed by atoms with van der Waals surface area (Å²) < 4.78 is 0. The summed E-state index contributed by atoms with van der Waals surface area (Å²) in [5, 5.41) is 2.52. The summed E-state index contributed by atoms with van der Waals surface area (Å²) in [7, 11) is -1.89. The highest BCUT2D eigenvalue weighted by atomic mass is 35.7. The van der Waals surface area contributed by atoms with E-state index in [9.17, 15) is 0 Å². The minimum absolute atomic E-state index is 0.195. The highest BCUT2D eigenvalue weighted by molar-refractivity contribution is 7.39. The molecule has 0 atom stereocenters. The molecule has 0 radical (unpaired) electrons. The lowest BCUT2D eigenvalue weighted by atomic mass is 10.2. The third-order valence-electron chi connectivity index (χ3n) is 2.11. The first-order chi connectivity index (χ1) is 6.61. The Morgan fingerprint density at radius 1 is 1.43 bits per heavy atom. The maximum atomic E-state index is 6.02. The molecular weight excluding hydrogens is 247 g/mol. The van der Waals surface area contributed by atoms with Crippen LogP contribution in [0.25, 0.3) is 0 Å². The van der Waals surface area contributed by atoms with Crippen molar-refractivity contribution >= 4 is 44.3 Å². The van der Waals surface area contributed by atoms with E-state index in [4.69, 9.17) is 22.2 Å². The molecule has 4 heteroatoms. The molecular formula is C10H14Cl2Si2. The van der Waals surface area contributed by atoms with Crippen LogP contribution in [0, 0.1) is 0 Å². The van der Waals surface area contributed by atoms with E-state index in [0.717, 1.165) is 6.04 Å². The van der Waals surface area contributed by atoms with E-state index in [1.165, 1.54) is 15.9 Å². The molecule has 76 valence electrons. The van der Waals surface area contributed by atoms with Crippen LogP contribution in [0.5, 0.6) is 0 Å². The van der Waals surface area contributed by atoms with Crippen LogP contribution in [0.3, 0.4) is 0 Å². The summed E-state index contributed by atoms with van der Waals surface area (Å²) in [6, 6.07) is 9.38. The quantitative estimate of drug-likeness (QED) is 0.572. The van der Waals surface area contributed by atoms with Gasteiger partial charge in [0.1, 0.15) is 0 Å². The summed E-state index contributed by atoms with van der Waals surface area (Å²) in [4.78, 5) is 0. The van der Waals surface area contributed by atoms with Gasteiger partial charge in [-0.2, -0.15) is 0 Å². The molecule has 0 aliphatic rings. The molecule has 0 fully saturated rings. The van der Waals surface area contributed by atoms with E-state index in [-0.39, 0.29) is 9.52 Å². The fourth-order valence-electron chi connectivity index (χ4n) is 1.32. The fraction of sp³-hybridized carbons (Fsp3) is 0.200. The molecule has 1 rings (SSSR count). The lowest BCUT2D eigenvalue weighted by molar-refractivity contribution is 1.40. The average Bonchev–Trinajstić information content (AvgIpc) is 2.15. The van der Waals surface area contributed by atoms with Gasteiger partial charge >= 0.3 is 0 Å². The maximum Gasteiger partial charge on any atom is 0.266 e. The van der Waals surface area contributed by atoms with Gasteiger partial charge in [0.15, 0.2) is 0 Å². The van der Waals surface area contributed by atoms with Crippen molar-refractivity contribution in [2.45, 2.75) is 13.0 Å². The zero-order valence-electron chi connectivity index (χ0n) is 8.26. The van der Waals surface area contributed by atoms with Gasteiger partial charge in [-0.05, 0) is 23.7 Å². The zero-order valence-corrected chi connectivity index (χ0v) is 12.3. The van der Waals surface area contributed by atoms with E-state index in [0.29, 0.717) is 0 Å². The molecule has 0 unspecified atom stereocenters. The Hall–Kier alpha value is -0.0262. The Bertz CT molecular complexity index is 324. The number of allylic oxidation sites excluding steroid dienone is 1. The number of hydrogen-bond acceptors (Lipinski definition) is 0. The van der Waals surface area contributed by atoms with Crippen molar-refractivity contribution in [3.05, 3.63) is 41.6 Å². The molecule has 0 aromatic heterocycles. The van der Waals surface area contributed by atoms with Crippen LogP contribution < -0.4 is 5.19 Å². The third kappa shape index (κ3) is 3.61. The second-order valence-corrected chi connectivity index (χ2v) is 10.2. The Labute approximate surface area is 98.8 Å². The molecule has 0 N–H and O–H groups in total. The second-order valence-electron chi connectivity index (χ2n) is 3.46. The first-order valence-corrected chi connectivity index (χ1v) is 10.4. The standard InChI is InChI=1S/C10H14Cl2Si2/c1-8(2)13-7-9-5-3-4-6-10(9)14(11)12/h3-6,14H,1,7,13H2,2H3. The van der Waals surface area contributed by atoms with Gasteiger partial charge < -0.3 is 0 Å². The number of halogens is 2. The predicted octanol–water partition coefficient (Wildman–Crippen LogP) is 1.79. The Morgan fingerprint density at radius 3 is 2.64 bits per heavy atom. The molecule has 0 heterocycles. The van der Waals surface area contributed by atoms with E-state index in [1.807, 2.05) is 6.07 Å². The van der Waals surface area contributed by atoms with Gasteiger partial charge in [-0.1, -0.05) is 29.5 Å². The van der Waals surface area contributed by atoms with Crippen molar-refractivity contribution in [3.8, 4) is 0 Å². The second kappa shape index (κ2) is 5.76. The van der Waals surface area contributed by atoms with Gasteiger partial charge in [0, 0.05) is 0 Å². The van der Waals surface area contributed by atoms with Crippen LogP contribution in [0.2, 0.25) is 0 Å². The molecule has 0 bridgehead atoms. The lowest BCUT2D eigenvalue weighted by Gasteiger charge is -2.08. The fourth-order valence-corrected chi connectivity index (χ4v) is 4.82. The van der Waals surface area contributed by atoms with Gasteiger partial charge in [-0.15, -0.1) is 28.7 Å². The topological polar surface area (TPSA) is 0 Å². The van der Waals surface area contributed by atoms with Crippen molar-refractivity contribution in [1.82, 2.24) is 0 Å². The van der Waals surface area contributed by atoms with Gasteiger partial charge in [-0.3, -0.25) is 0 Å². The zero-order chi connectivity index (χ0) is 10.6. The summed E-state index contributed by atoms with van der Waals surface area (Å²) in [5.74, 6) is 0. The van der Waals surface area contributed by atoms with Gasteiger partial charge in [0.05, 0.1) is 9.52 Å². The van der Waals surface area contributed by atoms with Gasteiger partial charge in [0.25, 0.3) is 7.42 Å². The van der Waals surface area contributed by atoms with Crippen LogP contribution in [0.15, 0.2) is 36.0 Å². The highest BCUT2D eigenvalue weighted by Crippen LogP contribution is 2.05. The van der Waals surface area contributed by atoms with Crippen molar-refractivity contribution in [2.75, 3.05) is 0 Å². The Balaban J connectivity index is 2.79.